The van der Waals surface area contributed by atoms with Gasteiger partial charge in [-0.15, -0.1) is 0 Å². The Morgan fingerprint density at radius 2 is 1.67 bits per heavy atom. The van der Waals surface area contributed by atoms with Gasteiger partial charge in [0.15, 0.2) is 0 Å². The van der Waals surface area contributed by atoms with Crippen LogP contribution in [-0.4, -0.2) is 7.05 Å². The third kappa shape index (κ3) is 3.04. The minimum Gasteiger partial charge on any atom is -0.388 e. The monoisotopic (exact) mass is 240 g/mol. The fourth-order valence-electron chi connectivity index (χ4n) is 2.00. The first-order chi connectivity index (χ1) is 8.69. The van der Waals surface area contributed by atoms with E-state index in [0.717, 1.165) is 12.2 Å². The number of hydrogen-bond acceptors (Lipinski definition) is 2. The van der Waals surface area contributed by atoms with Crippen LogP contribution < -0.4 is 10.6 Å². The van der Waals surface area contributed by atoms with Gasteiger partial charge in [-0.05, 0) is 43.2 Å². The second-order valence-electron chi connectivity index (χ2n) is 4.62. The minimum atomic E-state index is 0.855. The quantitative estimate of drug-likeness (QED) is 0.845. The molecule has 94 valence electrons. The minimum absolute atomic E-state index is 0.855. The summed E-state index contributed by atoms with van der Waals surface area (Å²) in [6.45, 7) is 5.11. The zero-order valence-corrected chi connectivity index (χ0v) is 11.2. The summed E-state index contributed by atoms with van der Waals surface area (Å²) in [5.74, 6) is 0. The Hall–Kier alpha value is -1.96. The Labute approximate surface area is 109 Å². The van der Waals surface area contributed by atoms with Crippen molar-refractivity contribution < 1.29 is 0 Å². The topological polar surface area (TPSA) is 24.1 Å². The third-order valence-electron chi connectivity index (χ3n) is 3.11. The molecule has 0 aliphatic heterocycles. The normalized spacial score (nSPS) is 10.2. The molecule has 0 atom stereocenters. The third-order valence-corrected chi connectivity index (χ3v) is 3.11. The van der Waals surface area contributed by atoms with Gasteiger partial charge >= 0.3 is 0 Å². The number of aryl methyl sites for hydroxylation is 2. The van der Waals surface area contributed by atoms with Crippen LogP contribution in [0.2, 0.25) is 0 Å². The summed E-state index contributed by atoms with van der Waals surface area (Å²) in [5.41, 5.74) is 6.23. The first kappa shape index (κ1) is 12.5. The van der Waals surface area contributed by atoms with Crippen molar-refractivity contribution in [3.8, 4) is 0 Å². The zero-order chi connectivity index (χ0) is 13.0. The zero-order valence-electron chi connectivity index (χ0n) is 11.2. The predicted molar refractivity (Wildman–Crippen MR) is 79.2 cm³/mol. The highest BCUT2D eigenvalue weighted by Crippen LogP contribution is 2.17. The Kier molecular flexibility index (Phi) is 3.88. The number of benzene rings is 2. The number of hydrogen-bond donors (Lipinski definition) is 2. The van der Waals surface area contributed by atoms with Gasteiger partial charge in [-0.2, -0.15) is 0 Å². The highest BCUT2D eigenvalue weighted by Gasteiger charge is 1.98. The highest BCUT2D eigenvalue weighted by atomic mass is 14.9. The van der Waals surface area contributed by atoms with E-state index in [4.69, 9.17) is 0 Å². The summed E-state index contributed by atoms with van der Waals surface area (Å²) in [5, 5.41) is 6.60. The van der Waals surface area contributed by atoms with Gasteiger partial charge in [0.05, 0.1) is 0 Å². The molecule has 2 aromatic rings. The molecule has 18 heavy (non-hydrogen) atoms. The van der Waals surface area contributed by atoms with Crippen molar-refractivity contribution in [2.45, 2.75) is 20.4 Å². The maximum absolute atomic E-state index is 3.47. The maximum atomic E-state index is 3.47. The molecular weight excluding hydrogens is 220 g/mol. The van der Waals surface area contributed by atoms with E-state index in [9.17, 15) is 0 Å². The molecule has 0 saturated carbocycles. The smallest absolute Gasteiger partial charge is 0.0400 e. The number of nitrogens with one attached hydrogen (secondary N) is 2. The van der Waals surface area contributed by atoms with Crippen LogP contribution in [-0.2, 0) is 6.54 Å². The summed E-state index contributed by atoms with van der Waals surface area (Å²) in [6, 6.07) is 15.0. The Morgan fingerprint density at radius 3 is 2.28 bits per heavy atom. The van der Waals surface area contributed by atoms with Crippen LogP contribution in [0.5, 0.6) is 0 Å². The molecule has 2 nitrogen and oxygen atoms in total. The molecule has 0 radical (unpaired) electrons. The van der Waals surface area contributed by atoms with Crippen molar-refractivity contribution in [2.24, 2.45) is 0 Å². The van der Waals surface area contributed by atoms with Crippen molar-refractivity contribution in [1.29, 1.82) is 0 Å². The molecule has 0 aromatic heterocycles. The lowest BCUT2D eigenvalue weighted by molar-refractivity contribution is 1.14. The van der Waals surface area contributed by atoms with E-state index in [1.807, 2.05) is 7.05 Å². The van der Waals surface area contributed by atoms with E-state index in [0.29, 0.717) is 0 Å². The van der Waals surface area contributed by atoms with Crippen molar-refractivity contribution in [3.63, 3.8) is 0 Å². The fourth-order valence-corrected chi connectivity index (χ4v) is 2.00. The SMILES string of the molecule is CNc1ccc(CNc2ccc(C)cc2C)cc1. The van der Waals surface area contributed by atoms with E-state index in [1.165, 1.54) is 22.4 Å². The average molecular weight is 240 g/mol. The van der Waals surface area contributed by atoms with Gasteiger partial charge in [0.25, 0.3) is 0 Å². The van der Waals surface area contributed by atoms with Gasteiger partial charge in [0, 0.05) is 25.0 Å². The van der Waals surface area contributed by atoms with Crippen molar-refractivity contribution in [2.75, 3.05) is 17.7 Å². The molecule has 0 heterocycles. The van der Waals surface area contributed by atoms with Crippen LogP contribution in [0.3, 0.4) is 0 Å². The summed E-state index contributed by atoms with van der Waals surface area (Å²) in [7, 11) is 1.93. The van der Waals surface area contributed by atoms with Crippen LogP contribution in [0.4, 0.5) is 11.4 Å². The number of rotatable bonds is 4. The van der Waals surface area contributed by atoms with Crippen LogP contribution in [0.25, 0.3) is 0 Å². The Balaban J connectivity index is 2.02. The first-order valence-corrected chi connectivity index (χ1v) is 6.27. The standard InChI is InChI=1S/C16H20N2/c1-12-4-9-16(13(2)10-12)18-11-14-5-7-15(17-3)8-6-14/h4-10,17-18H,11H2,1-3H3. The predicted octanol–water partition coefficient (Wildman–Crippen LogP) is 3.96. The summed E-state index contributed by atoms with van der Waals surface area (Å²) in [6.07, 6.45) is 0. The molecule has 0 spiro atoms. The molecule has 0 aliphatic rings. The summed E-state index contributed by atoms with van der Waals surface area (Å²) >= 11 is 0. The van der Waals surface area contributed by atoms with Gasteiger partial charge in [-0.1, -0.05) is 29.8 Å². The van der Waals surface area contributed by atoms with E-state index in [1.54, 1.807) is 0 Å². The van der Waals surface area contributed by atoms with Gasteiger partial charge in [-0.3, -0.25) is 0 Å². The Morgan fingerprint density at radius 1 is 0.944 bits per heavy atom. The van der Waals surface area contributed by atoms with Gasteiger partial charge in [0.1, 0.15) is 0 Å². The largest absolute Gasteiger partial charge is 0.388 e. The van der Waals surface area contributed by atoms with Crippen molar-refractivity contribution in [1.82, 2.24) is 0 Å². The van der Waals surface area contributed by atoms with E-state index >= 15 is 0 Å². The van der Waals surface area contributed by atoms with Gasteiger partial charge < -0.3 is 10.6 Å². The van der Waals surface area contributed by atoms with E-state index < -0.39 is 0 Å². The van der Waals surface area contributed by atoms with Crippen molar-refractivity contribution in [3.05, 3.63) is 59.2 Å². The van der Waals surface area contributed by atoms with Gasteiger partial charge in [-0.25, -0.2) is 0 Å². The number of anilines is 2. The van der Waals surface area contributed by atoms with E-state index in [-0.39, 0.29) is 0 Å². The van der Waals surface area contributed by atoms with Crippen LogP contribution in [0.1, 0.15) is 16.7 Å². The molecule has 0 amide bonds. The lowest BCUT2D eigenvalue weighted by Gasteiger charge is -2.10. The summed E-state index contributed by atoms with van der Waals surface area (Å²) < 4.78 is 0. The maximum Gasteiger partial charge on any atom is 0.0400 e. The Bertz CT molecular complexity index is 515. The summed E-state index contributed by atoms with van der Waals surface area (Å²) in [4.78, 5) is 0. The first-order valence-electron chi connectivity index (χ1n) is 6.27. The second kappa shape index (κ2) is 5.58. The lowest BCUT2D eigenvalue weighted by Crippen LogP contribution is -2.01. The molecule has 0 saturated heterocycles. The van der Waals surface area contributed by atoms with Crippen molar-refractivity contribution >= 4 is 11.4 Å². The van der Waals surface area contributed by atoms with Crippen LogP contribution in [0, 0.1) is 13.8 Å². The molecule has 0 bridgehead atoms. The molecular formula is C16H20N2. The molecule has 2 heteroatoms. The molecule has 2 rings (SSSR count). The lowest BCUT2D eigenvalue weighted by atomic mass is 10.1. The average Bonchev–Trinajstić information content (AvgIpc) is 2.38. The van der Waals surface area contributed by atoms with Gasteiger partial charge in [0.2, 0.25) is 0 Å². The molecule has 2 aromatic carbocycles. The molecule has 0 fully saturated rings. The van der Waals surface area contributed by atoms with Crippen LogP contribution in [0.15, 0.2) is 42.5 Å². The second-order valence-corrected chi connectivity index (χ2v) is 4.62. The molecule has 2 N–H and O–H groups in total. The highest BCUT2D eigenvalue weighted by molar-refractivity contribution is 5.52. The molecule has 0 unspecified atom stereocenters. The van der Waals surface area contributed by atoms with Crippen LogP contribution >= 0.6 is 0 Å². The van der Waals surface area contributed by atoms with E-state index in [2.05, 4.69) is 66.9 Å². The molecule has 0 aliphatic carbocycles. The fraction of sp³-hybridized carbons (Fsp3) is 0.250.